The van der Waals surface area contributed by atoms with E-state index in [4.69, 9.17) is 4.74 Å². The Morgan fingerprint density at radius 1 is 1.16 bits per heavy atom. The molecule has 0 unspecified atom stereocenters. The molecule has 1 aromatic heterocycles. The molecule has 1 aliphatic heterocycles. The van der Waals surface area contributed by atoms with Gasteiger partial charge in [0.05, 0.1) is 6.54 Å². The van der Waals surface area contributed by atoms with E-state index in [-0.39, 0.29) is 29.4 Å². The topological polar surface area (TPSA) is 61.8 Å². The van der Waals surface area contributed by atoms with Gasteiger partial charge >= 0.3 is 0 Å². The van der Waals surface area contributed by atoms with Crippen LogP contribution >= 0.6 is 24.0 Å². The van der Waals surface area contributed by atoms with Gasteiger partial charge in [-0.15, -0.1) is 24.0 Å². The monoisotopic (exact) mass is 537 g/mol. The van der Waals surface area contributed by atoms with E-state index in [0.29, 0.717) is 19.2 Å². The van der Waals surface area contributed by atoms with Gasteiger partial charge < -0.3 is 20.3 Å². The molecule has 0 radical (unpaired) electrons. The highest BCUT2D eigenvalue weighted by molar-refractivity contribution is 14.0. The van der Waals surface area contributed by atoms with Crippen molar-refractivity contribution < 1.29 is 4.74 Å². The van der Waals surface area contributed by atoms with Crippen LogP contribution in [0.15, 0.2) is 53.7 Å². The van der Waals surface area contributed by atoms with Gasteiger partial charge in [-0.1, -0.05) is 39.0 Å². The molecule has 0 saturated carbocycles. The summed E-state index contributed by atoms with van der Waals surface area (Å²) in [6, 6.07) is 14.8. The number of guanidine groups is 1. The lowest BCUT2D eigenvalue weighted by molar-refractivity contribution is 0.320. The quantitative estimate of drug-likeness (QED) is 0.250. The number of nitrogens with zero attached hydrogens (tertiary/aromatic N) is 3. The fourth-order valence-electron chi connectivity index (χ4n) is 3.57. The molecule has 1 saturated heterocycles. The highest BCUT2D eigenvalue weighted by atomic mass is 127. The van der Waals surface area contributed by atoms with Crippen molar-refractivity contribution in [1.82, 2.24) is 15.6 Å². The number of rotatable bonds is 6. The van der Waals surface area contributed by atoms with Crippen LogP contribution in [0.5, 0.6) is 5.75 Å². The Balaban J connectivity index is 0.00000341. The van der Waals surface area contributed by atoms with E-state index in [0.717, 1.165) is 43.5 Å². The van der Waals surface area contributed by atoms with Crippen molar-refractivity contribution >= 4 is 35.8 Å². The van der Waals surface area contributed by atoms with Crippen LogP contribution < -0.4 is 20.3 Å². The van der Waals surface area contributed by atoms with Crippen LogP contribution in [0.2, 0.25) is 0 Å². The van der Waals surface area contributed by atoms with Crippen LogP contribution in [-0.4, -0.2) is 50.3 Å². The Morgan fingerprint density at radius 2 is 1.94 bits per heavy atom. The number of halogens is 1. The molecule has 0 bridgehead atoms. The SMILES string of the molecule is CN=C(NCCOc1cccc(C(C)(C)C)c1)NC1CCN(c2ccccn2)CC1.I. The molecule has 2 heterocycles. The van der Waals surface area contributed by atoms with E-state index in [1.807, 2.05) is 31.4 Å². The molecular weight excluding hydrogens is 501 g/mol. The number of ether oxygens (including phenoxy) is 1. The zero-order valence-electron chi connectivity index (χ0n) is 19.1. The van der Waals surface area contributed by atoms with E-state index in [9.17, 15) is 0 Å². The third-order valence-electron chi connectivity index (χ3n) is 5.40. The fraction of sp³-hybridized carbons (Fsp3) is 0.500. The van der Waals surface area contributed by atoms with Crippen molar-refractivity contribution in [2.24, 2.45) is 4.99 Å². The average Bonchev–Trinajstić information content (AvgIpc) is 2.76. The van der Waals surface area contributed by atoms with Crippen molar-refractivity contribution in [2.75, 3.05) is 38.2 Å². The summed E-state index contributed by atoms with van der Waals surface area (Å²) in [6.07, 6.45) is 3.98. The predicted octanol–water partition coefficient (Wildman–Crippen LogP) is 4.21. The maximum Gasteiger partial charge on any atom is 0.191 e. The van der Waals surface area contributed by atoms with Gasteiger partial charge in [-0.25, -0.2) is 4.98 Å². The molecule has 0 amide bonds. The molecule has 170 valence electrons. The predicted molar refractivity (Wildman–Crippen MR) is 140 cm³/mol. The van der Waals surface area contributed by atoms with E-state index >= 15 is 0 Å². The van der Waals surface area contributed by atoms with E-state index in [1.165, 1.54) is 5.56 Å². The maximum absolute atomic E-state index is 5.93. The first kappa shape index (κ1) is 25.2. The molecule has 1 aromatic carbocycles. The van der Waals surface area contributed by atoms with E-state index in [1.54, 1.807) is 0 Å². The molecule has 1 fully saturated rings. The molecule has 0 aliphatic carbocycles. The summed E-state index contributed by atoms with van der Waals surface area (Å²) in [6.45, 7) is 9.93. The second kappa shape index (κ2) is 12.1. The second-order valence-electron chi connectivity index (χ2n) is 8.72. The first-order valence-corrected chi connectivity index (χ1v) is 10.8. The molecule has 0 atom stereocenters. The fourth-order valence-corrected chi connectivity index (χ4v) is 3.57. The Kier molecular flexibility index (Phi) is 9.87. The van der Waals surface area contributed by atoms with Gasteiger partial charge in [0.15, 0.2) is 5.96 Å². The largest absolute Gasteiger partial charge is 0.492 e. The van der Waals surface area contributed by atoms with Crippen molar-refractivity contribution in [3.63, 3.8) is 0 Å². The molecule has 6 nitrogen and oxygen atoms in total. The zero-order valence-corrected chi connectivity index (χ0v) is 21.4. The Hall–Kier alpha value is -2.03. The lowest BCUT2D eigenvalue weighted by Gasteiger charge is -2.33. The summed E-state index contributed by atoms with van der Waals surface area (Å²) in [5, 5.41) is 6.90. The van der Waals surface area contributed by atoms with Gasteiger partial charge in [0.1, 0.15) is 18.2 Å². The number of aromatic nitrogens is 1. The van der Waals surface area contributed by atoms with Gasteiger partial charge in [0.25, 0.3) is 0 Å². The molecule has 7 heteroatoms. The van der Waals surface area contributed by atoms with Gasteiger partial charge in [0.2, 0.25) is 0 Å². The molecule has 2 N–H and O–H groups in total. The highest BCUT2D eigenvalue weighted by Crippen LogP contribution is 2.25. The normalized spacial score (nSPS) is 15.2. The summed E-state index contributed by atoms with van der Waals surface area (Å²) in [5.41, 5.74) is 1.40. The van der Waals surface area contributed by atoms with Crippen LogP contribution in [0.1, 0.15) is 39.2 Å². The third kappa shape index (κ3) is 7.87. The minimum atomic E-state index is 0. The number of anilines is 1. The first-order valence-electron chi connectivity index (χ1n) is 10.8. The molecule has 31 heavy (non-hydrogen) atoms. The van der Waals surface area contributed by atoms with Crippen molar-refractivity contribution in [3.8, 4) is 5.75 Å². The number of hydrogen-bond donors (Lipinski definition) is 2. The van der Waals surface area contributed by atoms with Gasteiger partial charge in [-0.2, -0.15) is 0 Å². The van der Waals surface area contributed by atoms with Crippen molar-refractivity contribution in [2.45, 2.75) is 45.1 Å². The molecule has 2 aromatic rings. The number of benzene rings is 1. The van der Waals surface area contributed by atoms with Gasteiger partial charge in [0, 0.05) is 32.4 Å². The Morgan fingerprint density at radius 3 is 2.58 bits per heavy atom. The summed E-state index contributed by atoms with van der Waals surface area (Å²) >= 11 is 0. The summed E-state index contributed by atoms with van der Waals surface area (Å²) in [7, 11) is 1.81. The molecule has 1 aliphatic rings. The van der Waals surface area contributed by atoms with E-state index < -0.39 is 0 Å². The van der Waals surface area contributed by atoms with Crippen LogP contribution in [0.25, 0.3) is 0 Å². The smallest absolute Gasteiger partial charge is 0.191 e. The summed E-state index contributed by atoms with van der Waals surface area (Å²) in [4.78, 5) is 11.2. The number of pyridine rings is 1. The van der Waals surface area contributed by atoms with Crippen LogP contribution in [0.3, 0.4) is 0 Å². The van der Waals surface area contributed by atoms with Crippen LogP contribution in [0, 0.1) is 0 Å². The molecular formula is C24H36IN5O. The third-order valence-corrected chi connectivity index (χ3v) is 5.40. The Bertz CT molecular complexity index is 814. The number of aliphatic imine (C=N–C) groups is 1. The minimum absolute atomic E-state index is 0. The average molecular weight is 537 g/mol. The highest BCUT2D eigenvalue weighted by Gasteiger charge is 2.20. The zero-order chi connectivity index (χ0) is 21.4. The van der Waals surface area contributed by atoms with Gasteiger partial charge in [-0.3, -0.25) is 4.99 Å². The van der Waals surface area contributed by atoms with Crippen molar-refractivity contribution in [3.05, 3.63) is 54.2 Å². The van der Waals surface area contributed by atoms with Crippen LogP contribution in [-0.2, 0) is 5.41 Å². The summed E-state index contributed by atoms with van der Waals surface area (Å²) in [5.74, 6) is 2.80. The molecule has 0 spiro atoms. The maximum atomic E-state index is 5.93. The number of hydrogen-bond acceptors (Lipinski definition) is 4. The number of piperidine rings is 1. The first-order chi connectivity index (χ1) is 14.5. The lowest BCUT2D eigenvalue weighted by Crippen LogP contribution is -2.49. The van der Waals surface area contributed by atoms with Gasteiger partial charge in [-0.05, 0) is 48.1 Å². The van der Waals surface area contributed by atoms with E-state index in [2.05, 4.69) is 70.5 Å². The molecule has 3 rings (SSSR count). The van der Waals surface area contributed by atoms with Crippen molar-refractivity contribution in [1.29, 1.82) is 0 Å². The minimum Gasteiger partial charge on any atom is -0.492 e. The lowest BCUT2D eigenvalue weighted by atomic mass is 9.87. The second-order valence-corrected chi connectivity index (χ2v) is 8.72. The standard InChI is InChI=1S/C24H35N5O.HI/c1-24(2,3)19-8-7-9-21(18-19)30-17-14-27-23(25-4)28-20-11-15-29(16-12-20)22-10-5-6-13-26-22;/h5-10,13,18,20H,11-12,14-17H2,1-4H3,(H2,25,27,28);1H. The number of nitrogens with one attached hydrogen (secondary N) is 2. The Labute approximate surface area is 203 Å². The summed E-state index contributed by atoms with van der Waals surface area (Å²) < 4.78 is 5.93. The van der Waals surface area contributed by atoms with Crippen LogP contribution in [0.4, 0.5) is 5.82 Å².